The molecule has 66 valence electrons. The number of benzene rings is 1. The number of hydrogen-bond donors (Lipinski definition) is 0. The van der Waals surface area contributed by atoms with Crippen LogP contribution in [0.2, 0.25) is 0 Å². The Balaban J connectivity index is 2.96. The summed E-state index contributed by atoms with van der Waals surface area (Å²) in [5, 5.41) is 0. The molecule has 0 aliphatic carbocycles. The largest absolute Gasteiger partial charge is 0.444 e. The van der Waals surface area contributed by atoms with E-state index in [1.807, 2.05) is 32.0 Å². The second kappa shape index (κ2) is 4.32. The van der Waals surface area contributed by atoms with Gasteiger partial charge in [0.15, 0.2) is 0 Å². The van der Waals surface area contributed by atoms with Crippen LogP contribution in [0.15, 0.2) is 18.2 Å². The molecule has 1 aromatic carbocycles. The minimum Gasteiger partial charge on any atom is -0.444 e. The van der Waals surface area contributed by atoms with Crippen molar-refractivity contribution in [1.29, 1.82) is 0 Å². The maximum absolute atomic E-state index is 5.56. The van der Waals surface area contributed by atoms with Gasteiger partial charge in [0.05, 0.1) is 0 Å². The molecule has 0 unspecified atom stereocenters. The third kappa shape index (κ3) is 2.52. The van der Waals surface area contributed by atoms with Gasteiger partial charge >= 0.3 is 0 Å². The Kier molecular flexibility index (Phi) is 3.64. The predicted molar refractivity (Wildman–Crippen MR) is 55.2 cm³/mol. The minimum absolute atomic E-state index is 0.800. The van der Waals surface area contributed by atoms with E-state index in [2.05, 4.69) is 0 Å². The van der Waals surface area contributed by atoms with Crippen molar-refractivity contribution < 1.29 is 4.52 Å². The number of aryl methyl sites for hydroxylation is 2. The maximum Gasteiger partial charge on any atom is 0.284 e. The summed E-state index contributed by atoms with van der Waals surface area (Å²) in [7, 11) is 0. The van der Waals surface area contributed by atoms with Crippen LogP contribution < -0.4 is 4.52 Å². The van der Waals surface area contributed by atoms with Gasteiger partial charge in [-0.25, -0.2) is 0 Å². The fourth-order valence-corrected chi connectivity index (χ4v) is 1.85. The van der Waals surface area contributed by atoms with Crippen molar-refractivity contribution in [3.63, 3.8) is 0 Å². The topological polar surface area (TPSA) is 9.23 Å². The second-order valence-corrected chi connectivity index (χ2v) is 5.46. The van der Waals surface area contributed by atoms with Crippen LogP contribution in [0.3, 0.4) is 0 Å². The van der Waals surface area contributed by atoms with E-state index in [9.17, 15) is 0 Å². The zero-order valence-corrected chi connectivity index (χ0v) is 9.25. The Morgan fingerprint density at radius 2 is 1.67 bits per heavy atom. The molecule has 0 aromatic heterocycles. The molecule has 0 radical (unpaired) electrons. The molecule has 0 saturated heterocycles. The normalized spacial score (nSPS) is 10.4. The van der Waals surface area contributed by atoms with Crippen molar-refractivity contribution in [3.05, 3.63) is 29.3 Å². The summed E-state index contributed by atoms with van der Waals surface area (Å²) in [4.78, 5) is 0. The first kappa shape index (κ1) is 10.1. The van der Waals surface area contributed by atoms with Gasteiger partial charge in [-0.15, -0.1) is 0 Å². The number of rotatable bonds is 2. The van der Waals surface area contributed by atoms with Crippen LogP contribution in [0.5, 0.6) is 5.75 Å². The summed E-state index contributed by atoms with van der Waals surface area (Å²) in [6.45, 7) is 2.57. The Morgan fingerprint density at radius 3 is 2.08 bits per heavy atom. The van der Waals surface area contributed by atoms with E-state index in [1.165, 1.54) is 0 Å². The average Bonchev–Trinajstić information content (AvgIpc) is 1.97. The van der Waals surface area contributed by atoms with E-state index in [1.54, 1.807) is 0 Å². The number of para-hydroxylation sites is 1. The Hall–Kier alpha value is 0.0300. The van der Waals surface area contributed by atoms with Gasteiger partial charge in [0.25, 0.3) is 6.85 Å². The SMILES string of the molecule is Cc1cccc(C)c1OP(Cl)Cl. The van der Waals surface area contributed by atoms with E-state index in [0.29, 0.717) is 0 Å². The van der Waals surface area contributed by atoms with Crippen molar-refractivity contribution in [2.45, 2.75) is 13.8 Å². The lowest BCUT2D eigenvalue weighted by atomic mass is 10.1. The van der Waals surface area contributed by atoms with Crippen LogP contribution in [0.25, 0.3) is 0 Å². The molecule has 0 amide bonds. The molecule has 1 rings (SSSR count). The van der Waals surface area contributed by atoms with Crippen molar-refractivity contribution >= 4 is 29.3 Å². The van der Waals surface area contributed by atoms with Gasteiger partial charge in [0.1, 0.15) is 5.75 Å². The minimum atomic E-state index is -1.36. The van der Waals surface area contributed by atoms with Gasteiger partial charge < -0.3 is 4.52 Å². The second-order valence-electron chi connectivity index (χ2n) is 2.51. The zero-order chi connectivity index (χ0) is 9.14. The van der Waals surface area contributed by atoms with Crippen LogP contribution in [0, 0.1) is 13.8 Å². The van der Waals surface area contributed by atoms with E-state index in [4.69, 9.17) is 27.0 Å². The lowest BCUT2D eigenvalue weighted by Crippen LogP contribution is -1.86. The van der Waals surface area contributed by atoms with Gasteiger partial charge in [0.2, 0.25) is 0 Å². The van der Waals surface area contributed by atoms with Gasteiger partial charge in [-0.2, -0.15) is 0 Å². The van der Waals surface area contributed by atoms with Crippen molar-refractivity contribution in [2.75, 3.05) is 0 Å². The summed E-state index contributed by atoms with van der Waals surface area (Å²) < 4.78 is 5.27. The molecule has 0 heterocycles. The van der Waals surface area contributed by atoms with Crippen LogP contribution in [0.4, 0.5) is 0 Å². The Morgan fingerprint density at radius 1 is 1.17 bits per heavy atom. The van der Waals surface area contributed by atoms with Crippen molar-refractivity contribution in [1.82, 2.24) is 0 Å². The molecule has 0 saturated carbocycles. The van der Waals surface area contributed by atoms with Crippen LogP contribution in [-0.4, -0.2) is 0 Å². The fraction of sp³-hybridized carbons (Fsp3) is 0.250. The molecule has 1 aromatic rings. The van der Waals surface area contributed by atoms with Crippen LogP contribution in [0.1, 0.15) is 11.1 Å². The zero-order valence-electron chi connectivity index (χ0n) is 6.84. The summed E-state index contributed by atoms with van der Waals surface area (Å²) >= 11 is 11.1. The molecule has 0 N–H and O–H groups in total. The summed E-state index contributed by atoms with van der Waals surface area (Å²) in [5.41, 5.74) is 2.12. The highest BCUT2D eigenvalue weighted by Crippen LogP contribution is 2.49. The van der Waals surface area contributed by atoms with Crippen molar-refractivity contribution in [3.8, 4) is 5.75 Å². The molecule has 0 atom stereocenters. The van der Waals surface area contributed by atoms with Crippen LogP contribution in [-0.2, 0) is 0 Å². The molecule has 0 fully saturated rings. The summed E-state index contributed by atoms with van der Waals surface area (Å²) in [6.07, 6.45) is 0. The van der Waals surface area contributed by atoms with Gasteiger partial charge in [-0.05, 0) is 47.5 Å². The quantitative estimate of drug-likeness (QED) is 0.675. The molecule has 4 heteroatoms. The smallest absolute Gasteiger partial charge is 0.284 e. The van der Waals surface area contributed by atoms with Gasteiger partial charge in [0, 0.05) is 0 Å². The molecule has 0 aliphatic rings. The molecule has 12 heavy (non-hydrogen) atoms. The highest BCUT2D eigenvalue weighted by Gasteiger charge is 2.07. The first-order valence-electron chi connectivity index (χ1n) is 3.47. The summed E-state index contributed by atoms with van der Waals surface area (Å²) in [6, 6.07) is 5.91. The molecule has 0 aliphatic heterocycles. The van der Waals surface area contributed by atoms with Gasteiger partial charge in [-0.3, -0.25) is 0 Å². The van der Waals surface area contributed by atoms with E-state index < -0.39 is 6.85 Å². The Bertz CT molecular complexity index is 256. The monoisotopic (exact) mass is 222 g/mol. The average molecular weight is 223 g/mol. The first-order chi connectivity index (χ1) is 5.61. The highest BCUT2D eigenvalue weighted by atomic mass is 35.9. The lowest BCUT2D eigenvalue weighted by Gasteiger charge is -2.10. The molecular weight excluding hydrogens is 214 g/mol. The van der Waals surface area contributed by atoms with Gasteiger partial charge in [-0.1, -0.05) is 18.2 Å². The van der Waals surface area contributed by atoms with E-state index in [0.717, 1.165) is 16.9 Å². The maximum atomic E-state index is 5.56. The molecular formula is C8H9Cl2OP. The first-order valence-corrected chi connectivity index (χ1v) is 6.54. The standard InChI is InChI=1S/C8H9Cl2OP/c1-6-4-3-5-7(2)8(6)11-12(9)10/h3-5H,1-2H3. The number of halogens is 2. The molecule has 0 spiro atoms. The van der Waals surface area contributed by atoms with Crippen LogP contribution >= 0.6 is 29.3 Å². The lowest BCUT2D eigenvalue weighted by molar-refractivity contribution is 0.625. The predicted octanol–water partition coefficient (Wildman–Crippen LogP) is 4.39. The number of hydrogen-bond acceptors (Lipinski definition) is 1. The summed E-state index contributed by atoms with van der Waals surface area (Å²) in [5.74, 6) is 0.800. The highest BCUT2D eigenvalue weighted by molar-refractivity contribution is 8.00. The third-order valence-electron chi connectivity index (χ3n) is 1.57. The third-order valence-corrected chi connectivity index (χ3v) is 2.30. The van der Waals surface area contributed by atoms with E-state index >= 15 is 0 Å². The molecule has 0 bridgehead atoms. The van der Waals surface area contributed by atoms with Crippen molar-refractivity contribution in [2.24, 2.45) is 0 Å². The Labute approximate surface area is 83.1 Å². The fourth-order valence-electron chi connectivity index (χ4n) is 1.01. The van der Waals surface area contributed by atoms with E-state index in [-0.39, 0.29) is 0 Å². The molecule has 1 nitrogen and oxygen atoms in total.